The van der Waals surface area contributed by atoms with Crippen LogP contribution in [0, 0.1) is 5.92 Å². The van der Waals surface area contributed by atoms with Gasteiger partial charge in [0, 0.05) is 5.56 Å². The SMILES string of the molecule is CC(C)COc1ccc(C(=O)Nc2cccc(Cl)c2Cl)cc1Br. The summed E-state index contributed by atoms with van der Waals surface area (Å²) >= 11 is 15.4. The third kappa shape index (κ3) is 4.87. The van der Waals surface area contributed by atoms with E-state index in [1.807, 2.05) is 0 Å². The first kappa shape index (κ1) is 18.1. The zero-order valence-electron chi connectivity index (χ0n) is 12.7. The average Bonchev–Trinajstić information content (AvgIpc) is 2.50. The number of hydrogen-bond donors (Lipinski definition) is 1. The second-order valence-corrected chi connectivity index (χ2v) is 7.05. The predicted molar refractivity (Wildman–Crippen MR) is 98.9 cm³/mol. The van der Waals surface area contributed by atoms with E-state index in [1.165, 1.54) is 0 Å². The summed E-state index contributed by atoms with van der Waals surface area (Å²) in [6, 6.07) is 10.3. The summed E-state index contributed by atoms with van der Waals surface area (Å²) in [7, 11) is 0. The van der Waals surface area contributed by atoms with Crippen molar-refractivity contribution in [2.24, 2.45) is 5.92 Å². The molecule has 0 aromatic heterocycles. The van der Waals surface area contributed by atoms with Gasteiger partial charge in [-0.2, -0.15) is 0 Å². The van der Waals surface area contributed by atoms with Crippen molar-refractivity contribution in [3.05, 3.63) is 56.5 Å². The molecule has 0 heterocycles. The fraction of sp³-hybridized carbons (Fsp3) is 0.235. The summed E-state index contributed by atoms with van der Waals surface area (Å²) in [6.45, 7) is 4.76. The minimum absolute atomic E-state index is 0.273. The Bertz CT molecular complexity index is 720. The molecule has 0 atom stereocenters. The first-order valence-corrected chi connectivity index (χ1v) is 8.61. The normalized spacial score (nSPS) is 10.7. The lowest BCUT2D eigenvalue weighted by Gasteiger charge is -2.12. The molecule has 0 unspecified atom stereocenters. The smallest absolute Gasteiger partial charge is 0.255 e. The van der Waals surface area contributed by atoms with Gasteiger partial charge in [-0.25, -0.2) is 0 Å². The lowest BCUT2D eigenvalue weighted by molar-refractivity contribution is 0.102. The Kier molecular flexibility index (Phi) is 6.33. The van der Waals surface area contributed by atoms with Crippen LogP contribution in [0.25, 0.3) is 0 Å². The van der Waals surface area contributed by atoms with Gasteiger partial charge in [0.05, 0.1) is 26.8 Å². The Morgan fingerprint density at radius 3 is 2.65 bits per heavy atom. The van der Waals surface area contributed by atoms with Crippen LogP contribution in [0.15, 0.2) is 40.9 Å². The largest absolute Gasteiger partial charge is 0.492 e. The number of hydrogen-bond acceptors (Lipinski definition) is 2. The Balaban J connectivity index is 2.14. The minimum Gasteiger partial charge on any atom is -0.492 e. The second-order valence-electron chi connectivity index (χ2n) is 5.41. The van der Waals surface area contributed by atoms with E-state index in [2.05, 4.69) is 35.1 Å². The summed E-state index contributed by atoms with van der Waals surface area (Å²) < 4.78 is 6.39. The van der Waals surface area contributed by atoms with E-state index in [4.69, 9.17) is 27.9 Å². The van der Waals surface area contributed by atoms with Crippen LogP contribution in [0.1, 0.15) is 24.2 Å². The van der Waals surface area contributed by atoms with Crippen LogP contribution < -0.4 is 10.1 Å². The Morgan fingerprint density at radius 2 is 2.00 bits per heavy atom. The van der Waals surface area contributed by atoms with Gasteiger partial charge in [-0.3, -0.25) is 4.79 Å². The van der Waals surface area contributed by atoms with Crippen molar-refractivity contribution in [1.29, 1.82) is 0 Å². The lowest BCUT2D eigenvalue weighted by Crippen LogP contribution is -2.12. The molecule has 2 aromatic carbocycles. The molecular weight excluding hydrogens is 401 g/mol. The second kappa shape index (κ2) is 8.04. The van der Waals surface area contributed by atoms with E-state index < -0.39 is 0 Å². The molecular formula is C17H16BrCl2NO2. The van der Waals surface area contributed by atoms with E-state index in [0.717, 1.165) is 4.47 Å². The molecule has 2 rings (SSSR count). The van der Waals surface area contributed by atoms with Crippen molar-refractivity contribution in [3.8, 4) is 5.75 Å². The predicted octanol–water partition coefficient (Wildman–Crippen LogP) is 6.04. The molecule has 0 saturated carbocycles. The van der Waals surface area contributed by atoms with Crippen LogP contribution in [-0.4, -0.2) is 12.5 Å². The first-order valence-electron chi connectivity index (χ1n) is 7.06. The maximum absolute atomic E-state index is 12.3. The maximum Gasteiger partial charge on any atom is 0.255 e. The Morgan fingerprint density at radius 1 is 1.26 bits per heavy atom. The summed E-state index contributed by atoms with van der Waals surface area (Å²) in [4.78, 5) is 12.3. The molecule has 0 bridgehead atoms. The molecule has 0 aliphatic carbocycles. The highest BCUT2D eigenvalue weighted by molar-refractivity contribution is 9.10. The number of anilines is 1. The summed E-state index contributed by atoms with van der Waals surface area (Å²) in [6.07, 6.45) is 0. The quantitative estimate of drug-likeness (QED) is 0.644. The third-order valence-electron chi connectivity index (χ3n) is 2.97. The van der Waals surface area contributed by atoms with E-state index in [-0.39, 0.29) is 5.91 Å². The Labute approximate surface area is 154 Å². The molecule has 0 fully saturated rings. The third-order valence-corrected chi connectivity index (χ3v) is 4.40. The zero-order valence-corrected chi connectivity index (χ0v) is 15.8. The van der Waals surface area contributed by atoms with Crippen molar-refractivity contribution in [3.63, 3.8) is 0 Å². The summed E-state index contributed by atoms with van der Waals surface area (Å²) in [5.41, 5.74) is 0.963. The van der Waals surface area contributed by atoms with Crippen LogP contribution in [0.3, 0.4) is 0 Å². The van der Waals surface area contributed by atoms with E-state index in [0.29, 0.717) is 39.6 Å². The van der Waals surface area contributed by atoms with Crippen LogP contribution in [-0.2, 0) is 0 Å². The topological polar surface area (TPSA) is 38.3 Å². The molecule has 23 heavy (non-hydrogen) atoms. The molecule has 0 spiro atoms. The van der Waals surface area contributed by atoms with Gasteiger partial charge in [0.2, 0.25) is 0 Å². The number of amides is 1. The van der Waals surface area contributed by atoms with Crippen LogP contribution in [0.4, 0.5) is 5.69 Å². The molecule has 1 N–H and O–H groups in total. The molecule has 2 aromatic rings. The summed E-state index contributed by atoms with van der Waals surface area (Å²) in [5.74, 6) is 0.858. The molecule has 0 aliphatic rings. The summed E-state index contributed by atoms with van der Waals surface area (Å²) in [5, 5.41) is 3.46. The fourth-order valence-electron chi connectivity index (χ4n) is 1.81. The van der Waals surface area contributed by atoms with Crippen LogP contribution >= 0.6 is 39.1 Å². The van der Waals surface area contributed by atoms with E-state index >= 15 is 0 Å². The van der Waals surface area contributed by atoms with Gasteiger partial charge in [0.25, 0.3) is 5.91 Å². The first-order chi connectivity index (χ1) is 10.9. The number of carbonyl (C=O) groups excluding carboxylic acids is 1. The number of benzene rings is 2. The van der Waals surface area contributed by atoms with Crippen molar-refractivity contribution in [1.82, 2.24) is 0 Å². The number of ether oxygens (including phenoxy) is 1. The van der Waals surface area contributed by atoms with E-state index in [1.54, 1.807) is 36.4 Å². The van der Waals surface area contributed by atoms with Gasteiger partial charge in [-0.05, 0) is 52.2 Å². The maximum atomic E-state index is 12.3. The van der Waals surface area contributed by atoms with E-state index in [9.17, 15) is 4.79 Å². The molecule has 0 saturated heterocycles. The zero-order chi connectivity index (χ0) is 17.0. The minimum atomic E-state index is -0.273. The van der Waals surface area contributed by atoms with Crippen molar-refractivity contribution < 1.29 is 9.53 Å². The number of carbonyl (C=O) groups is 1. The Hall–Kier alpha value is -1.23. The average molecular weight is 417 g/mol. The highest BCUT2D eigenvalue weighted by Gasteiger charge is 2.12. The fourth-order valence-corrected chi connectivity index (χ4v) is 2.65. The standard InChI is InChI=1S/C17H16BrCl2NO2/c1-10(2)9-23-15-7-6-11(8-12(15)18)17(22)21-14-5-3-4-13(19)16(14)20/h3-8,10H,9H2,1-2H3,(H,21,22). The van der Waals surface area contributed by atoms with Gasteiger partial charge in [0.1, 0.15) is 5.75 Å². The van der Waals surface area contributed by atoms with Gasteiger partial charge < -0.3 is 10.1 Å². The highest BCUT2D eigenvalue weighted by Crippen LogP contribution is 2.31. The van der Waals surface area contributed by atoms with Crippen LogP contribution in [0.2, 0.25) is 10.0 Å². The molecule has 0 aliphatic heterocycles. The van der Waals surface area contributed by atoms with Gasteiger partial charge in [-0.1, -0.05) is 43.1 Å². The molecule has 122 valence electrons. The van der Waals surface area contributed by atoms with Gasteiger partial charge in [0.15, 0.2) is 0 Å². The van der Waals surface area contributed by atoms with Gasteiger partial charge >= 0.3 is 0 Å². The number of rotatable bonds is 5. The van der Waals surface area contributed by atoms with Gasteiger partial charge in [-0.15, -0.1) is 0 Å². The highest BCUT2D eigenvalue weighted by atomic mass is 79.9. The molecule has 1 amide bonds. The molecule has 6 heteroatoms. The molecule has 3 nitrogen and oxygen atoms in total. The lowest BCUT2D eigenvalue weighted by atomic mass is 10.2. The van der Waals surface area contributed by atoms with Crippen molar-refractivity contribution in [2.45, 2.75) is 13.8 Å². The van der Waals surface area contributed by atoms with Crippen molar-refractivity contribution in [2.75, 3.05) is 11.9 Å². The monoisotopic (exact) mass is 415 g/mol. The van der Waals surface area contributed by atoms with Crippen molar-refractivity contribution >= 4 is 50.7 Å². The number of nitrogens with one attached hydrogen (secondary N) is 1. The van der Waals surface area contributed by atoms with Crippen LogP contribution in [0.5, 0.6) is 5.75 Å². The number of halogens is 3. The molecule has 0 radical (unpaired) electrons.